The van der Waals surface area contributed by atoms with Crippen molar-refractivity contribution in [3.8, 4) is 0 Å². The van der Waals surface area contributed by atoms with Crippen molar-refractivity contribution < 1.29 is 4.79 Å². The largest absolute Gasteiger partial charge is 0.399 e. The van der Waals surface area contributed by atoms with E-state index in [1.54, 1.807) is 11.3 Å². The molecule has 3 aromatic rings. The number of hydrogen-bond acceptors (Lipinski definition) is 3. The van der Waals surface area contributed by atoms with E-state index in [0.29, 0.717) is 0 Å². The molecule has 4 rings (SSSR count). The molecular formula is C17H14N2OS. The van der Waals surface area contributed by atoms with Crippen LogP contribution in [-0.2, 0) is 6.42 Å². The second kappa shape index (κ2) is 4.60. The van der Waals surface area contributed by atoms with Gasteiger partial charge in [-0.1, -0.05) is 18.2 Å². The normalized spacial score (nSPS) is 13.6. The first kappa shape index (κ1) is 12.4. The second-order valence-corrected chi connectivity index (χ2v) is 6.15. The van der Waals surface area contributed by atoms with Crippen LogP contribution >= 0.6 is 11.3 Å². The number of nitrogen functional groups attached to an aromatic ring is 1. The van der Waals surface area contributed by atoms with Crippen molar-refractivity contribution in [2.45, 2.75) is 6.42 Å². The van der Waals surface area contributed by atoms with Gasteiger partial charge in [0.1, 0.15) is 0 Å². The Labute approximate surface area is 126 Å². The van der Waals surface area contributed by atoms with Gasteiger partial charge in [-0.25, -0.2) is 0 Å². The lowest BCUT2D eigenvalue weighted by Crippen LogP contribution is -2.28. The van der Waals surface area contributed by atoms with E-state index in [2.05, 4.69) is 6.07 Å². The molecule has 0 bridgehead atoms. The lowest BCUT2D eigenvalue weighted by atomic mass is 10.1. The second-order valence-electron chi connectivity index (χ2n) is 5.24. The van der Waals surface area contributed by atoms with E-state index in [1.165, 1.54) is 0 Å². The molecule has 0 aliphatic carbocycles. The van der Waals surface area contributed by atoms with Gasteiger partial charge in [-0.3, -0.25) is 4.79 Å². The van der Waals surface area contributed by atoms with E-state index in [4.69, 9.17) is 5.73 Å². The Morgan fingerprint density at radius 3 is 2.95 bits per heavy atom. The Morgan fingerprint density at radius 1 is 1.19 bits per heavy atom. The number of nitrogens with zero attached hydrogens (tertiary/aromatic N) is 1. The fraction of sp³-hybridized carbons (Fsp3) is 0.118. The Hall–Kier alpha value is -2.33. The minimum Gasteiger partial charge on any atom is -0.399 e. The summed E-state index contributed by atoms with van der Waals surface area (Å²) in [6, 6.07) is 13.8. The van der Waals surface area contributed by atoms with Crippen LogP contribution in [0.5, 0.6) is 0 Å². The SMILES string of the molecule is Nc1ccc2c(c1)CCN2C(=O)c1csc2ccccc12. The third-order valence-electron chi connectivity index (χ3n) is 3.96. The van der Waals surface area contributed by atoms with Crippen LogP contribution in [0.2, 0.25) is 0 Å². The summed E-state index contributed by atoms with van der Waals surface area (Å²) in [6.45, 7) is 0.724. The lowest BCUT2D eigenvalue weighted by molar-refractivity contribution is 0.0991. The molecule has 3 nitrogen and oxygen atoms in total. The van der Waals surface area contributed by atoms with Crippen molar-refractivity contribution in [2.75, 3.05) is 17.2 Å². The third-order valence-corrected chi connectivity index (χ3v) is 4.92. The molecule has 104 valence electrons. The molecular weight excluding hydrogens is 280 g/mol. The van der Waals surface area contributed by atoms with Crippen molar-refractivity contribution in [2.24, 2.45) is 0 Å². The fourth-order valence-corrected chi connectivity index (χ4v) is 3.86. The monoisotopic (exact) mass is 294 g/mol. The zero-order valence-corrected chi connectivity index (χ0v) is 12.2. The molecule has 0 unspecified atom stereocenters. The molecule has 0 spiro atoms. The maximum atomic E-state index is 12.9. The summed E-state index contributed by atoms with van der Waals surface area (Å²) >= 11 is 1.62. The third kappa shape index (κ3) is 1.91. The summed E-state index contributed by atoms with van der Waals surface area (Å²) < 4.78 is 1.15. The van der Waals surface area contributed by atoms with Gasteiger partial charge in [-0.15, -0.1) is 11.3 Å². The predicted molar refractivity (Wildman–Crippen MR) is 88.1 cm³/mol. The molecule has 1 aliphatic rings. The van der Waals surface area contributed by atoms with E-state index in [1.807, 2.05) is 46.7 Å². The van der Waals surface area contributed by atoms with E-state index in [-0.39, 0.29) is 5.91 Å². The number of amides is 1. The summed E-state index contributed by atoms with van der Waals surface area (Å²) in [6.07, 6.45) is 0.869. The minimum atomic E-state index is 0.0796. The average Bonchev–Trinajstić information content (AvgIpc) is 3.10. The Balaban J connectivity index is 1.77. The predicted octanol–water partition coefficient (Wildman–Crippen LogP) is 3.69. The average molecular weight is 294 g/mol. The molecule has 1 aromatic heterocycles. The number of hydrogen-bond donors (Lipinski definition) is 1. The van der Waals surface area contributed by atoms with Crippen molar-refractivity contribution >= 4 is 38.7 Å². The Morgan fingerprint density at radius 2 is 2.05 bits per heavy atom. The molecule has 0 fully saturated rings. The highest BCUT2D eigenvalue weighted by atomic mass is 32.1. The smallest absolute Gasteiger partial charge is 0.259 e. The van der Waals surface area contributed by atoms with Gasteiger partial charge < -0.3 is 10.6 Å². The number of benzene rings is 2. The standard InChI is InChI=1S/C17H14N2OS/c18-12-5-6-15-11(9-12)7-8-19(15)17(20)14-10-21-16-4-2-1-3-13(14)16/h1-6,9-10H,7-8,18H2. The van der Waals surface area contributed by atoms with E-state index in [9.17, 15) is 4.79 Å². The highest BCUT2D eigenvalue weighted by molar-refractivity contribution is 7.17. The van der Waals surface area contributed by atoms with Gasteiger partial charge in [-0.2, -0.15) is 0 Å². The van der Waals surface area contributed by atoms with Crippen LogP contribution in [0.15, 0.2) is 47.8 Å². The zero-order chi connectivity index (χ0) is 14.4. The number of anilines is 2. The first-order valence-electron chi connectivity index (χ1n) is 6.90. The van der Waals surface area contributed by atoms with E-state index < -0.39 is 0 Å². The quantitative estimate of drug-likeness (QED) is 0.696. The topological polar surface area (TPSA) is 46.3 Å². The summed E-state index contributed by atoms with van der Waals surface area (Å²) in [4.78, 5) is 14.7. The molecule has 2 heterocycles. The van der Waals surface area contributed by atoms with Gasteiger partial charge in [0.2, 0.25) is 0 Å². The summed E-state index contributed by atoms with van der Waals surface area (Å²) in [5.74, 6) is 0.0796. The molecule has 0 atom stereocenters. The van der Waals surface area contributed by atoms with Gasteiger partial charge in [0.15, 0.2) is 0 Å². The van der Waals surface area contributed by atoms with E-state index in [0.717, 1.165) is 45.6 Å². The summed E-state index contributed by atoms with van der Waals surface area (Å²) in [7, 11) is 0. The van der Waals surface area contributed by atoms with Gasteiger partial charge in [0.25, 0.3) is 5.91 Å². The number of fused-ring (bicyclic) bond motifs is 2. The molecule has 0 saturated carbocycles. The van der Waals surface area contributed by atoms with Crippen LogP contribution in [0.25, 0.3) is 10.1 Å². The van der Waals surface area contributed by atoms with Crippen molar-refractivity contribution in [1.29, 1.82) is 0 Å². The van der Waals surface area contributed by atoms with E-state index >= 15 is 0 Å². The Kier molecular flexibility index (Phi) is 2.72. The molecule has 4 heteroatoms. The number of carbonyl (C=O) groups is 1. The van der Waals surface area contributed by atoms with Crippen LogP contribution in [0.4, 0.5) is 11.4 Å². The highest BCUT2D eigenvalue weighted by Crippen LogP contribution is 2.33. The van der Waals surface area contributed by atoms with Gasteiger partial charge >= 0.3 is 0 Å². The van der Waals surface area contributed by atoms with Gasteiger partial charge in [0, 0.05) is 33.4 Å². The number of rotatable bonds is 1. The van der Waals surface area contributed by atoms with Crippen LogP contribution in [0, 0.1) is 0 Å². The number of nitrogens with two attached hydrogens (primary N) is 1. The summed E-state index contributed by atoms with van der Waals surface area (Å²) in [5.41, 5.74) is 9.51. The van der Waals surface area contributed by atoms with Crippen LogP contribution in [0.1, 0.15) is 15.9 Å². The van der Waals surface area contributed by atoms with Crippen LogP contribution < -0.4 is 10.6 Å². The zero-order valence-electron chi connectivity index (χ0n) is 11.4. The molecule has 0 radical (unpaired) electrons. The van der Waals surface area contributed by atoms with Crippen molar-refractivity contribution in [1.82, 2.24) is 0 Å². The maximum Gasteiger partial charge on any atom is 0.259 e. The molecule has 1 amide bonds. The highest BCUT2D eigenvalue weighted by Gasteiger charge is 2.27. The minimum absolute atomic E-state index is 0.0796. The van der Waals surface area contributed by atoms with Crippen molar-refractivity contribution in [3.05, 3.63) is 59.0 Å². The number of thiophene rings is 1. The molecule has 2 N–H and O–H groups in total. The van der Waals surface area contributed by atoms with Gasteiger partial charge in [0.05, 0.1) is 5.56 Å². The fourth-order valence-electron chi connectivity index (χ4n) is 2.92. The first-order valence-corrected chi connectivity index (χ1v) is 7.78. The first-order chi connectivity index (χ1) is 10.2. The van der Waals surface area contributed by atoms with Gasteiger partial charge in [-0.05, 0) is 36.2 Å². The molecule has 2 aromatic carbocycles. The van der Waals surface area contributed by atoms with Crippen LogP contribution in [0.3, 0.4) is 0 Å². The lowest BCUT2D eigenvalue weighted by Gasteiger charge is -2.17. The molecule has 0 saturated heterocycles. The Bertz CT molecular complexity index is 853. The molecule has 21 heavy (non-hydrogen) atoms. The molecule has 1 aliphatic heterocycles. The maximum absolute atomic E-state index is 12.9. The van der Waals surface area contributed by atoms with Crippen molar-refractivity contribution in [3.63, 3.8) is 0 Å². The van der Waals surface area contributed by atoms with Crippen LogP contribution in [-0.4, -0.2) is 12.5 Å². The number of carbonyl (C=O) groups excluding carboxylic acids is 1. The summed E-state index contributed by atoms with van der Waals surface area (Å²) in [5, 5.41) is 3.00.